The van der Waals surface area contributed by atoms with E-state index in [1.54, 1.807) is 12.1 Å². The molecule has 0 amide bonds. The number of hydrogen-bond donors (Lipinski definition) is 4. The fourth-order valence-corrected chi connectivity index (χ4v) is 13.9. The van der Waals surface area contributed by atoms with Gasteiger partial charge in [0.2, 0.25) is 0 Å². The maximum absolute atomic E-state index is 13.8. The number of hydrogen-bond acceptors (Lipinski definition) is 7. The summed E-state index contributed by atoms with van der Waals surface area (Å²) in [5.41, 5.74) is -1.11. The van der Waals surface area contributed by atoms with Gasteiger partial charge >= 0.3 is 5.69 Å². The molecule has 3 heterocycles. The molecule has 0 saturated carbocycles. The Balaban J connectivity index is 2.01. The summed E-state index contributed by atoms with van der Waals surface area (Å²) in [7, 11) is -3.63. The third-order valence-electron chi connectivity index (χ3n) is 7.78. The Morgan fingerprint density at radius 3 is 2.03 bits per heavy atom. The predicted octanol–water partition coefficient (Wildman–Crippen LogP) is 1.63. The van der Waals surface area contributed by atoms with Gasteiger partial charge in [-0.15, -0.1) is 11.3 Å². The fraction of sp³-hybridized carbons (Fsp3) is 0.310. The lowest BCUT2D eigenvalue weighted by molar-refractivity contribution is -0.0977. The van der Waals surface area contributed by atoms with E-state index >= 15 is 0 Å². The van der Waals surface area contributed by atoms with Crippen molar-refractivity contribution in [1.82, 2.24) is 9.55 Å². The van der Waals surface area contributed by atoms with E-state index in [0.29, 0.717) is 4.88 Å². The summed E-state index contributed by atoms with van der Waals surface area (Å²) in [6.45, 7) is 5.53. The summed E-state index contributed by atoms with van der Waals surface area (Å²) in [5, 5.41) is 34.6. The Kier molecular flexibility index (Phi) is 7.12. The Morgan fingerprint density at radius 1 is 0.974 bits per heavy atom. The summed E-state index contributed by atoms with van der Waals surface area (Å²) < 4.78 is 7.93. The molecular formula is C29H32N2O6SSi. The molecular weight excluding hydrogens is 532 g/mol. The molecule has 1 aliphatic heterocycles. The van der Waals surface area contributed by atoms with Gasteiger partial charge in [0.05, 0.1) is 12.2 Å². The number of aliphatic hydroxyl groups is 3. The van der Waals surface area contributed by atoms with Gasteiger partial charge in [0.15, 0.2) is 13.4 Å². The number of aliphatic hydroxyl groups excluding tert-OH is 3. The highest BCUT2D eigenvalue weighted by molar-refractivity contribution is 7.13. The molecule has 4 atom stereocenters. The van der Waals surface area contributed by atoms with E-state index in [9.17, 15) is 24.9 Å². The molecule has 4 N–H and O–H groups in total. The topological polar surface area (TPSA) is 125 Å². The zero-order chi connectivity index (χ0) is 28.0. The average molecular weight is 565 g/mol. The van der Waals surface area contributed by atoms with Gasteiger partial charge in [0.25, 0.3) is 5.56 Å². The van der Waals surface area contributed by atoms with E-state index in [1.807, 2.05) is 86.8 Å². The SMILES string of the molecule is CC(C)(C)[Si](c1ccccc1)(c1ccccc1)[C@]1(n2cc(-c3cccs3)c(=O)[nH]c2=O)O[C@H](CO)[C@@H](O)[C@H]1O. The quantitative estimate of drug-likeness (QED) is 0.264. The molecule has 2 aromatic carbocycles. The van der Waals surface area contributed by atoms with E-state index in [4.69, 9.17) is 4.74 Å². The lowest BCUT2D eigenvalue weighted by Crippen LogP contribution is -2.82. The zero-order valence-corrected chi connectivity index (χ0v) is 23.8. The van der Waals surface area contributed by atoms with Crippen molar-refractivity contribution in [3.8, 4) is 10.4 Å². The number of aromatic amines is 1. The van der Waals surface area contributed by atoms with Gasteiger partial charge in [-0.05, 0) is 26.9 Å². The van der Waals surface area contributed by atoms with E-state index in [2.05, 4.69) is 4.98 Å². The van der Waals surface area contributed by atoms with Gasteiger partial charge < -0.3 is 20.1 Å². The minimum Gasteiger partial charge on any atom is -0.394 e. The van der Waals surface area contributed by atoms with Crippen LogP contribution < -0.4 is 21.6 Å². The van der Waals surface area contributed by atoms with Gasteiger partial charge in [-0.1, -0.05) is 87.5 Å². The predicted molar refractivity (Wildman–Crippen MR) is 154 cm³/mol. The zero-order valence-electron chi connectivity index (χ0n) is 21.9. The van der Waals surface area contributed by atoms with Crippen LogP contribution in [0, 0.1) is 0 Å². The highest BCUT2D eigenvalue weighted by atomic mass is 32.1. The van der Waals surface area contributed by atoms with Crippen LogP contribution in [0.1, 0.15) is 20.8 Å². The van der Waals surface area contributed by atoms with Gasteiger partial charge in [-0.25, -0.2) is 4.79 Å². The third-order valence-corrected chi connectivity index (χ3v) is 15.1. The molecule has 39 heavy (non-hydrogen) atoms. The molecule has 1 fully saturated rings. The van der Waals surface area contributed by atoms with Gasteiger partial charge in [0.1, 0.15) is 18.3 Å². The number of H-pyrrole nitrogens is 1. The Hall–Kier alpha value is -3.12. The van der Waals surface area contributed by atoms with Crippen LogP contribution in [0.25, 0.3) is 10.4 Å². The number of ether oxygens (including phenoxy) is 1. The van der Waals surface area contributed by atoms with Crippen molar-refractivity contribution in [2.45, 2.75) is 49.5 Å². The van der Waals surface area contributed by atoms with E-state index in [0.717, 1.165) is 10.4 Å². The fourth-order valence-electron chi connectivity index (χ4n) is 6.33. The molecule has 0 aliphatic carbocycles. The molecule has 1 aliphatic rings. The molecule has 0 bridgehead atoms. The first-order valence-electron chi connectivity index (χ1n) is 12.8. The first-order chi connectivity index (χ1) is 18.6. The summed E-state index contributed by atoms with van der Waals surface area (Å²) in [4.78, 5) is 29.9. The van der Waals surface area contributed by atoms with E-state index in [-0.39, 0.29) is 5.56 Å². The van der Waals surface area contributed by atoms with Crippen molar-refractivity contribution in [3.05, 3.63) is 105 Å². The van der Waals surface area contributed by atoms with E-state index in [1.165, 1.54) is 22.1 Å². The number of thiophene rings is 1. The number of benzene rings is 2. The average Bonchev–Trinajstić information content (AvgIpc) is 3.53. The lowest BCUT2D eigenvalue weighted by Gasteiger charge is -2.55. The second-order valence-corrected chi connectivity index (χ2v) is 16.7. The summed E-state index contributed by atoms with van der Waals surface area (Å²) in [6.07, 6.45) is -2.87. The molecule has 204 valence electrons. The smallest absolute Gasteiger partial charge is 0.330 e. The van der Waals surface area contributed by atoms with Crippen molar-refractivity contribution in [1.29, 1.82) is 0 Å². The molecule has 1 saturated heterocycles. The first kappa shape index (κ1) is 27.4. The van der Waals surface area contributed by atoms with Crippen LogP contribution >= 0.6 is 11.3 Å². The molecule has 0 unspecified atom stereocenters. The third kappa shape index (κ3) is 4.02. The van der Waals surface area contributed by atoms with Gasteiger partial charge in [0, 0.05) is 11.1 Å². The number of nitrogens with one attached hydrogen (secondary N) is 1. The largest absolute Gasteiger partial charge is 0.394 e. The van der Waals surface area contributed by atoms with Crippen molar-refractivity contribution in [2.75, 3.05) is 6.61 Å². The second-order valence-electron chi connectivity index (χ2n) is 10.9. The molecule has 10 heteroatoms. The summed E-state index contributed by atoms with van der Waals surface area (Å²) in [5.74, 6) is 0. The molecule has 0 radical (unpaired) electrons. The maximum Gasteiger partial charge on any atom is 0.330 e. The molecule has 0 spiro atoms. The number of aromatic nitrogens is 2. The monoisotopic (exact) mass is 564 g/mol. The molecule has 4 aromatic rings. The van der Waals surface area contributed by atoms with E-state index < -0.39 is 54.6 Å². The highest BCUT2D eigenvalue weighted by Gasteiger charge is 2.72. The van der Waals surface area contributed by atoms with Crippen LogP contribution in [-0.4, -0.2) is 57.9 Å². The summed E-state index contributed by atoms with van der Waals surface area (Å²) in [6, 6.07) is 22.8. The van der Waals surface area contributed by atoms with Crippen LogP contribution in [0.3, 0.4) is 0 Å². The van der Waals surface area contributed by atoms with Crippen LogP contribution in [0.15, 0.2) is 94.0 Å². The maximum atomic E-state index is 13.8. The summed E-state index contributed by atoms with van der Waals surface area (Å²) >= 11 is 1.34. The Bertz CT molecular complexity index is 1510. The standard InChI is InChI=1S/C29H32N2O6SSi/c1-28(2,3)39(19-11-6-4-7-12-19,20-13-8-5-9-14-20)29(25(34)24(33)22(18-32)37-29)31-17-21(23-15-10-16-38-23)26(35)30-27(31)36/h4-17,22,24-25,32-34H,18H2,1-3H3,(H,30,35,36)/t22-,24-,25-,29-/m1/s1. The lowest BCUT2D eigenvalue weighted by atomic mass is 10.1. The number of rotatable bonds is 6. The Labute approximate surface area is 230 Å². The van der Waals surface area contributed by atoms with Crippen LogP contribution in [-0.2, 0) is 10.1 Å². The van der Waals surface area contributed by atoms with Crippen molar-refractivity contribution in [2.24, 2.45) is 0 Å². The minimum atomic E-state index is -3.63. The molecule has 5 rings (SSSR count). The van der Waals surface area contributed by atoms with Gasteiger partial charge in [-0.2, -0.15) is 0 Å². The first-order valence-corrected chi connectivity index (χ1v) is 15.6. The highest BCUT2D eigenvalue weighted by Crippen LogP contribution is 2.51. The van der Waals surface area contributed by atoms with Gasteiger partial charge in [-0.3, -0.25) is 14.3 Å². The van der Waals surface area contributed by atoms with Crippen molar-refractivity contribution >= 4 is 29.8 Å². The number of nitrogens with zero attached hydrogens (tertiary/aromatic N) is 1. The molecule has 8 nitrogen and oxygen atoms in total. The van der Waals surface area contributed by atoms with Crippen LogP contribution in [0.4, 0.5) is 0 Å². The van der Waals surface area contributed by atoms with Crippen molar-refractivity contribution < 1.29 is 20.1 Å². The van der Waals surface area contributed by atoms with Crippen LogP contribution in [0.5, 0.6) is 0 Å². The Morgan fingerprint density at radius 2 is 1.56 bits per heavy atom. The van der Waals surface area contributed by atoms with Crippen LogP contribution in [0.2, 0.25) is 5.04 Å². The minimum absolute atomic E-state index is 0.236. The normalized spacial score (nSPS) is 23.7. The van der Waals surface area contributed by atoms with Crippen molar-refractivity contribution in [3.63, 3.8) is 0 Å². The molecule has 2 aromatic heterocycles. The second kappa shape index (κ2) is 10.1.